The number of hydrogen-bond donors (Lipinski definition) is 0. The largest absolute Gasteiger partial charge is 0.380 e. The van der Waals surface area contributed by atoms with Gasteiger partial charge in [-0.2, -0.15) is 0 Å². The first-order valence-corrected chi connectivity index (χ1v) is 8.58. The van der Waals surface area contributed by atoms with Crippen molar-refractivity contribution in [2.45, 2.75) is 83.5 Å². The quantitative estimate of drug-likeness (QED) is 0.444. The molecule has 1 saturated heterocycles. The number of rotatable bonds is 10. The highest BCUT2D eigenvalue weighted by atomic mass is 16.7. The molecule has 2 atom stereocenters. The Morgan fingerprint density at radius 2 is 2.10 bits per heavy atom. The van der Waals surface area contributed by atoms with Crippen LogP contribution in [0.3, 0.4) is 0 Å². The van der Waals surface area contributed by atoms with E-state index < -0.39 is 0 Å². The Labute approximate surface area is 130 Å². The molecule has 1 unspecified atom stereocenters. The molecule has 0 amide bonds. The predicted octanol–water partition coefficient (Wildman–Crippen LogP) is 4.30. The molecule has 0 bridgehead atoms. The van der Waals surface area contributed by atoms with Crippen LogP contribution in [0.15, 0.2) is 0 Å². The number of hydrogen-bond acceptors (Lipinski definition) is 3. The van der Waals surface area contributed by atoms with E-state index in [4.69, 9.17) is 14.2 Å². The smallest absolute Gasteiger partial charge is 0.157 e. The minimum absolute atomic E-state index is 0.0307. The average Bonchev–Trinajstić information content (AvgIpc) is 2.53. The van der Waals surface area contributed by atoms with E-state index in [1.165, 1.54) is 32.1 Å². The molecule has 0 aromatic rings. The molecule has 3 nitrogen and oxygen atoms in total. The molecule has 0 N–H and O–H groups in total. The number of unbranched alkanes of at least 4 members (excludes halogenated alkanes) is 3. The van der Waals surface area contributed by atoms with Crippen LogP contribution in [0, 0.1) is 11.8 Å². The summed E-state index contributed by atoms with van der Waals surface area (Å²) in [5, 5.41) is 0. The molecule has 1 heterocycles. The van der Waals surface area contributed by atoms with Gasteiger partial charge in [-0.25, -0.2) is 0 Å². The molecule has 1 fully saturated rings. The Morgan fingerprint density at radius 1 is 1.19 bits per heavy atom. The van der Waals surface area contributed by atoms with Crippen LogP contribution >= 0.6 is 0 Å². The zero-order valence-electron chi connectivity index (χ0n) is 13.9. The Bertz CT molecular complexity index is 287. The third-order valence-corrected chi connectivity index (χ3v) is 3.81. The second-order valence-electron chi connectivity index (χ2n) is 5.68. The highest BCUT2D eigenvalue weighted by Gasteiger charge is 2.13. The molecule has 0 aromatic heterocycles. The van der Waals surface area contributed by atoms with Gasteiger partial charge < -0.3 is 14.2 Å². The molecule has 0 aromatic carbocycles. The van der Waals surface area contributed by atoms with E-state index in [1.54, 1.807) is 7.11 Å². The van der Waals surface area contributed by atoms with E-state index >= 15 is 0 Å². The summed E-state index contributed by atoms with van der Waals surface area (Å²) >= 11 is 0. The fraction of sp³-hybridized carbons (Fsp3) is 0.889. The summed E-state index contributed by atoms with van der Waals surface area (Å²) in [4.78, 5) is 0. The Morgan fingerprint density at radius 3 is 2.81 bits per heavy atom. The lowest BCUT2D eigenvalue weighted by Crippen LogP contribution is -2.22. The van der Waals surface area contributed by atoms with Crippen LogP contribution in [0.5, 0.6) is 0 Å². The summed E-state index contributed by atoms with van der Waals surface area (Å²) in [6.45, 7) is 3.83. The molecule has 1 aliphatic heterocycles. The first-order valence-electron chi connectivity index (χ1n) is 8.58. The van der Waals surface area contributed by atoms with E-state index in [9.17, 15) is 0 Å². The van der Waals surface area contributed by atoms with Gasteiger partial charge in [0.15, 0.2) is 6.29 Å². The van der Waals surface area contributed by atoms with Gasteiger partial charge in [-0.1, -0.05) is 26.2 Å². The lowest BCUT2D eigenvalue weighted by atomic mass is 10.1. The van der Waals surface area contributed by atoms with Gasteiger partial charge in [0, 0.05) is 26.6 Å². The van der Waals surface area contributed by atoms with E-state index in [1.807, 2.05) is 0 Å². The van der Waals surface area contributed by atoms with Crippen LogP contribution in [0.2, 0.25) is 0 Å². The van der Waals surface area contributed by atoms with E-state index in [-0.39, 0.29) is 6.29 Å². The topological polar surface area (TPSA) is 27.7 Å². The molecule has 122 valence electrons. The van der Waals surface area contributed by atoms with Gasteiger partial charge in [0.25, 0.3) is 0 Å². The molecule has 0 radical (unpaired) electrons. The highest BCUT2D eigenvalue weighted by molar-refractivity contribution is 5.00. The summed E-state index contributed by atoms with van der Waals surface area (Å²) in [5.74, 6) is 6.47. The van der Waals surface area contributed by atoms with Crippen LogP contribution in [0.25, 0.3) is 0 Å². The van der Waals surface area contributed by atoms with Gasteiger partial charge in [-0.3, -0.25) is 0 Å². The fourth-order valence-electron chi connectivity index (χ4n) is 2.42. The average molecular weight is 296 g/mol. The minimum atomic E-state index is 0.0307. The monoisotopic (exact) mass is 296 g/mol. The molecule has 3 heteroatoms. The molecule has 0 aliphatic carbocycles. The van der Waals surface area contributed by atoms with Crippen molar-refractivity contribution >= 4 is 0 Å². The highest BCUT2D eigenvalue weighted by Crippen LogP contribution is 2.14. The van der Waals surface area contributed by atoms with Crippen molar-refractivity contribution in [3.8, 4) is 11.8 Å². The van der Waals surface area contributed by atoms with Gasteiger partial charge in [-0.05, 0) is 32.1 Å². The van der Waals surface area contributed by atoms with Crippen molar-refractivity contribution in [3.05, 3.63) is 0 Å². The molecule has 1 rings (SSSR count). The van der Waals surface area contributed by atoms with Gasteiger partial charge >= 0.3 is 0 Å². The van der Waals surface area contributed by atoms with Crippen molar-refractivity contribution in [2.24, 2.45) is 0 Å². The summed E-state index contributed by atoms with van der Waals surface area (Å²) in [5.41, 5.74) is 0. The van der Waals surface area contributed by atoms with E-state index in [0.717, 1.165) is 45.3 Å². The molecule has 0 spiro atoms. The Hall–Kier alpha value is -0.560. The summed E-state index contributed by atoms with van der Waals surface area (Å²) in [7, 11) is 1.79. The summed E-state index contributed by atoms with van der Waals surface area (Å²) in [6, 6.07) is 0. The Balaban J connectivity index is 1.98. The zero-order valence-corrected chi connectivity index (χ0v) is 13.9. The van der Waals surface area contributed by atoms with Crippen molar-refractivity contribution in [3.63, 3.8) is 0 Å². The standard InChI is InChI=1S/C18H32O3/c1-3-4-7-12-17(19-2)13-8-5-6-10-15-20-18-14-9-11-16-21-18/h17-18H,3-4,6-7,9-16H2,1-2H3/t17-,18?/m0/s1. The number of ether oxygens (including phenoxy) is 3. The first-order chi connectivity index (χ1) is 10.4. The van der Waals surface area contributed by atoms with Crippen molar-refractivity contribution in [1.29, 1.82) is 0 Å². The summed E-state index contributed by atoms with van der Waals surface area (Å²) < 4.78 is 16.7. The van der Waals surface area contributed by atoms with Crippen LogP contribution in [-0.2, 0) is 14.2 Å². The van der Waals surface area contributed by atoms with Crippen LogP contribution in [0.4, 0.5) is 0 Å². The van der Waals surface area contributed by atoms with Crippen molar-refractivity contribution in [1.82, 2.24) is 0 Å². The van der Waals surface area contributed by atoms with Crippen molar-refractivity contribution < 1.29 is 14.2 Å². The van der Waals surface area contributed by atoms with Gasteiger partial charge in [-0.15, -0.1) is 11.8 Å². The van der Waals surface area contributed by atoms with Crippen LogP contribution in [0.1, 0.15) is 71.1 Å². The van der Waals surface area contributed by atoms with Crippen molar-refractivity contribution in [2.75, 3.05) is 20.3 Å². The second kappa shape index (κ2) is 13.1. The first kappa shape index (κ1) is 18.5. The maximum Gasteiger partial charge on any atom is 0.157 e. The van der Waals surface area contributed by atoms with Crippen LogP contribution in [-0.4, -0.2) is 32.7 Å². The minimum Gasteiger partial charge on any atom is -0.380 e. The van der Waals surface area contributed by atoms with Gasteiger partial charge in [0.05, 0.1) is 12.7 Å². The van der Waals surface area contributed by atoms with Crippen LogP contribution < -0.4 is 0 Å². The van der Waals surface area contributed by atoms with Gasteiger partial charge in [0.1, 0.15) is 0 Å². The Kier molecular flexibility index (Phi) is 11.6. The predicted molar refractivity (Wildman–Crippen MR) is 86.1 cm³/mol. The lowest BCUT2D eigenvalue weighted by molar-refractivity contribution is -0.162. The molecule has 21 heavy (non-hydrogen) atoms. The molecular weight excluding hydrogens is 264 g/mol. The molecule has 0 saturated carbocycles. The second-order valence-corrected chi connectivity index (χ2v) is 5.68. The maximum atomic E-state index is 5.68. The van der Waals surface area contributed by atoms with Gasteiger partial charge in [0.2, 0.25) is 0 Å². The third-order valence-electron chi connectivity index (χ3n) is 3.81. The SMILES string of the molecule is CCCCC[C@@H](CC#CCCCOC1CCCCO1)OC. The third kappa shape index (κ3) is 9.90. The number of methoxy groups -OCH3 is 1. The normalized spacial score (nSPS) is 19.8. The molecular formula is C18H32O3. The fourth-order valence-corrected chi connectivity index (χ4v) is 2.42. The molecule has 1 aliphatic rings. The maximum absolute atomic E-state index is 5.68. The van der Waals surface area contributed by atoms with E-state index in [2.05, 4.69) is 18.8 Å². The lowest BCUT2D eigenvalue weighted by Gasteiger charge is -2.22. The van der Waals surface area contributed by atoms with E-state index in [0.29, 0.717) is 6.10 Å². The summed E-state index contributed by atoms with van der Waals surface area (Å²) in [6.07, 6.45) is 11.4. The zero-order chi connectivity index (χ0) is 15.2.